The van der Waals surface area contributed by atoms with Crippen LogP contribution in [0.4, 0.5) is 5.69 Å². The Morgan fingerprint density at radius 3 is 2.41 bits per heavy atom. The zero-order valence-corrected chi connectivity index (χ0v) is 14.5. The molecule has 0 unspecified atom stereocenters. The summed E-state index contributed by atoms with van der Waals surface area (Å²) in [5, 5.41) is 5.75. The van der Waals surface area contributed by atoms with Crippen molar-refractivity contribution in [2.24, 2.45) is 0 Å². The summed E-state index contributed by atoms with van der Waals surface area (Å²) < 4.78 is 0. The lowest BCUT2D eigenvalue weighted by molar-refractivity contribution is 1.34. The van der Waals surface area contributed by atoms with Crippen LogP contribution in [-0.2, 0) is 0 Å². The van der Waals surface area contributed by atoms with Gasteiger partial charge in [0.2, 0.25) is 0 Å². The monoisotopic (exact) mass is 348 g/mol. The topological polar surface area (TPSA) is 70.5 Å². The van der Waals surface area contributed by atoms with E-state index in [1.807, 2.05) is 24.4 Å². The fourth-order valence-corrected chi connectivity index (χ4v) is 4.09. The second-order valence-electron chi connectivity index (χ2n) is 6.91. The SMILES string of the molecule is Nc1ccc2c(c1)c1ccccc1c1nc(-c3c[nH]c4ccccc34)[nH]c21. The van der Waals surface area contributed by atoms with Gasteiger partial charge in [-0.1, -0.05) is 48.5 Å². The molecule has 4 N–H and O–H groups in total. The molecule has 6 aromatic rings. The number of aromatic amines is 2. The van der Waals surface area contributed by atoms with E-state index in [1.165, 1.54) is 5.39 Å². The average molecular weight is 348 g/mol. The normalized spacial score (nSPS) is 11.9. The Morgan fingerprint density at radius 2 is 1.52 bits per heavy atom. The minimum absolute atomic E-state index is 0.767. The molecule has 0 amide bonds. The molecule has 128 valence electrons. The van der Waals surface area contributed by atoms with Crippen LogP contribution >= 0.6 is 0 Å². The molecule has 0 saturated carbocycles. The maximum absolute atomic E-state index is 6.07. The van der Waals surface area contributed by atoms with Gasteiger partial charge in [-0.15, -0.1) is 0 Å². The Bertz CT molecular complexity index is 1490. The number of hydrogen-bond acceptors (Lipinski definition) is 2. The van der Waals surface area contributed by atoms with E-state index in [2.05, 4.69) is 58.5 Å². The third kappa shape index (κ3) is 1.95. The summed E-state index contributed by atoms with van der Waals surface area (Å²) in [5.41, 5.74) is 11.1. The number of anilines is 1. The van der Waals surface area contributed by atoms with E-state index in [9.17, 15) is 0 Å². The Kier molecular flexibility index (Phi) is 2.72. The molecule has 0 aliphatic heterocycles. The Morgan fingerprint density at radius 1 is 0.741 bits per heavy atom. The summed E-state index contributed by atoms with van der Waals surface area (Å²) in [6.45, 7) is 0. The molecule has 4 nitrogen and oxygen atoms in total. The van der Waals surface area contributed by atoms with Crippen molar-refractivity contribution in [1.82, 2.24) is 15.0 Å². The second-order valence-corrected chi connectivity index (χ2v) is 6.91. The van der Waals surface area contributed by atoms with Crippen LogP contribution in [0.5, 0.6) is 0 Å². The minimum Gasteiger partial charge on any atom is -0.399 e. The van der Waals surface area contributed by atoms with E-state index in [0.29, 0.717) is 0 Å². The van der Waals surface area contributed by atoms with Crippen molar-refractivity contribution in [3.05, 3.63) is 72.9 Å². The van der Waals surface area contributed by atoms with Crippen LogP contribution in [-0.4, -0.2) is 15.0 Å². The standard InChI is InChI=1S/C23H16N4/c24-13-9-10-17-18(11-13)14-5-1-2-7-16(14)21-22(17)27-23(26-21)19-12-25-20-8-4-3-6-15(19)20/h1-12,25H,24H2,(H,26,27). The minimum atomic E-state index is 0.767. The lowest BCUT2D eigenvalue weighted by Gasteiger charge is -2.06. The van der Waals surface area contributed by atoms with Crippen LogP contribution in [0.3, 0.4) is 0 Å². The number of rotatable bonds is 1. The molecule has 0 aliphatic carbocycles. The number of nitrogens with zero attached hydrogens (tertiary/aromatic N) is 1. The fraction of sp³-hybridized carbons (Fsp3) is 0. The zero-order chi connectivity index (χ0) is 18.0. The van der Waals surface area contributed by atoms with E-state index in [1.54, 1.807) is 0 Å². The number of imidazole rings is 1. The molecule has 0 bridgehead atoms. The van der Waals surface area contributed by atoms with Crippen molar-refractivity contribution in [1.29, 1.82) is 0 Å². The van der Waals surface area contributed by atoms with E-state index in [-0.39, 0.29) is 0 Å². The van der Waals surface area contributed by atoms with Crippen LogP contribution < -0.4 is 5.73 Å². The van der Waals surface area contributed by atoms with Gasteiger partial charge in [-0.3, -0.25) is 0 Å². The van der Waals surface area contributed by atoms with Gasteiger partial charge in [0, 0.05) is 39.1 Å². The van der Waals surface area contributed by atoms with Crippen LogP contribution in [0.25, 0.3) is 54.9 Å². The number of nitrogens with two attached hydrogens (primary N) is 1. The van der Waals surface area contributed by atoms with Gasteiger partial charge >= 0.3 is 0 Å². The first-order chi connectivity index (χ1) is 13.3. The predicted octanol–water partition coefficient (Wildman–Crippen LogP) is 5.60. The smallest absolute Gasteiger partial charge is 0.140 e. The van der Waals surface area contributed by atoms with Crippen molar-refractivity contribution in [3.8, 4) is 11.4 Å². The molecular formula is C23H16N4. The average Bonchev–Trinajstić information content (AvgIpc) is 3.32. The molecule has 0 saturated heterocycles. The third-order valence-corrected chi connectivity index (χ3v) is 5.33. The lowest BCUT2D eigenvalue weighted by Crippen LogP contribution is -1.86. The Labute approximate surface area is 154 Å². The van der Waals surface area contributed by atoms with E-state index in [0.717, 1.165) is 55.2 Å². The van der Waals surface area contributed by atoms with Gasteiger partial charge in [-0.2, -0.15) is 0 Å². The molecule has 27 heavy (non-hydrogen) atoms. The number of para-hydroxylation sites is 1. The molecule has 0 spiro atoms. The van der Waals surface area contributed by atoms with Gasteiger partial charge in [-0.05, 0) is 29.0 Å². The molecule has 4 aromatic carbocycles. The van der Waals surface area contributed by atoms with Crippen molar-refractivity contribution in [2.45, 2.75) is 0 Å². The van der Waals surface area contributed by atoms with Crippen molar-refractivity contribution in [3.63, 3.8) is 0 Å². The highest BCUT2D eigenvalue weighted by Crippen LogP contribution is 2.37. The number of hydrogen-bond donors (Lipinski definition) is 3. The molecule has 4 heteroatoms. The molecule has 0 fully saturated rings. The summed E-state index contributed by atoms with van der Waals surface area (Å²) in [6, 6.07) is 22.7. The highest BCUT2D eigenvalue weighted by atomic mass is 14.9. The third-order valence-electron chi connectivity index (χ3n) is 5.33. The van der Waals surface area contributed by atoms with Crippen LogP contribution in [0.15, 0.2) is 72.9 Å². The van der Waals surface area contributed by atoms with Gasteiger partial charge in [0.05, 0.1) is 11.0 Å². The number of aromatic nitrogens is 3. The summed E-state index contributed by atoms with van der Waals surface area (Å²) >= 11 is 0. The van der Waals surface area contributed by atoms with Gasteiger partial charge in [0.1, 0.15) is 5.82 Å². The van der Waals surface area contributed by atoms with E-state index < -0.39 is 0 Å². The van der Waals surface area contributed by atoms with Crippen molar-refractivity contribution in [2.75, 3.05) is 5.73 Å². The van der Waals surface area contributed by atoms with Gasteiger partial charge in [-0.25, -0.2) is 4.98 Å². The van der Waals surface area contributed by atoms with Crippen LogP contribution in [0.2, 0.25) is 0 Å². The highest BCUT2D eigenvalue weighted by molar-refractivity contribution is 6.24. The van der Waals surface area contributed by atoms with Gasteiger partial charge < -0.3 is 15.7 Å². The maximum atomic E-state index is 6.07. The molecule has 2 heterocycles. The highest BCUT2D eigenvalue weighted by Gasteiger charge is 2.15. The molecule has 0 radical (unpaired) electrons. The molecule has 2 aromatic heterocycles. The maximum Gasteiger partial charge on any atom is 0.140 e. The molecule has 6 rings (SSSR count). The van der Waals surface area contributed by atoms with Gasteiger partial charge in [0.15, 0.2) is 0 Å². The van der Waals surface area contributed by atoms with Gasteiger partial charge in [0.25, 0.3) is 0 Å². The Hall–Kier alpha value is -3.79. The number of nitrogen functional groups attached to an aromatic ring is 1. The second kappa shape index (κ2) is 5.11. The zero-order valence-electron chi connectivity index (χ0n) is 14.5. The van der Waals surface area contributed by atoms with Crippen LogP contribution in [0, 0.1) is 0 Å². The summed E-state index contributed by atoms with van der Waals surface area (Å²) in [6.07, 6.45) is 2.02. The number of fused-ring (bicyclic) bond motifs is 7. The summed E-state index contributed by atoms with van der Waals surface area (Å²) in [4.78, 5) is 11.9. The largest absolute Gasteiger partial charge is 0.399 e. The first kappa shape index (κ1) is 14.4. The quantitative estimate of drug-likeness (QED) is 0.267. The first-order valence-corrected chi connectivity index (χ1v) is 8.96. The Balaban J connectivity index is 1.78. The van der Waals surface area contributed by atoms with Crippen molar-refractivity contribution < 1.29 is 0 Å². The molecule has 0 aliphatic rings. The number of H-pyrrole nitrogens is 2. The summed E-state index contributed by atoms with van der Waals surface area (Å²) in [7, 11) is 0. The first-order valence-electron chi connectivity index (χ1n) is 8.96. The van der Waals surface area contributed by atoms with E-state index in [4.69, 9.17) is 10.7 Å². The molecule has 0 atom stereocenters. The van der Waals surface area contributed by atoms with Crippen LogP contribution in [0.1, 0.15) is 0 Å². The van der Waals surface area contributed by atoms with Crippen molar-refractivity contribution >= 4 is 49.2 Å². The lowest BCUT2D eigenvalue weighted by atomic mass is 9.99. The number of nitrogens with one attached hydrogen (secondary N) is 2. The predicted molar refractivity (Wildman–Crippen MR) is 113 cm³/mol. The number of benzene rings is 4. The fourth-order valence-electron chi connectivity index (χ4n) is 4.09. The summed E-state index contributed by atoms with van der Waals surface area (Å²) in [5.74, 6) is 0.872. The van der Waals surface area contributed by atoms with E-state index >= 15 is 0 Å². The molecular weight excluding hydrogens is 332 g/mol.